The number of anilines is 1. The number of hydrogen-bond acceptors (Lipinski definition) is 5. The van der Waals surface area contributed by atoms with Gasteiger partial charge in [-0.15, -0.1) is 0 Å². The van der Waals surface area contributed by atoms with Crippen LogP contribution in [0.5, 0.6) is 0 Å². The third-order valence-corrected chi connectivity index (χ3v) is 5.02. The molecule has 1 aliphatic heterocycles. The van der Waals surface area contributed by atoms with Gasteiger partial charge in [0.15, 0.2) is 11.7 Å². The van der Waals surface area contributed by atoms with E-state index in [1.807, 2.05) is 18.3 Å². The Kier molecular flexibility index (Phi) is 8.42. The van der Waals surface area contributed by atoms with E-state index < -0.39 is 11.4 Å². The minimum Gasteiger partial charge on any atom is -0.463 e. The van der Waals surface area contributed by atoms with Gasteiger partial charge in [-0.05, 0) is 57.2 Å². The van der Waals surface area contributed by atoms with Crippen LogP contribution < -0.4 is 10.6 Å². The molecule has 10 nitrogen and oxygen atoms in total. The van der Waals surface area contributed by atoms with Crippen LogP contribution in [0.1, 0.15) is 32.0 Å². The van der Waals surface area contributed by atoms with Crippen LogP contribution >= 0.6 is 0 Å². The number of hydrogen-bond donors (Lipinski definition) is 4. The van der Waals surface area contributed by atoms with Gasteiger partial charge in [0, 0.05) is 30.5 Å². The zero-order valence-electron chi connectivity index (χ0n) is 19.8. The predicted molar refractivity (Wildman–Crippen MR) is 130 cm³/mol. The number of rotatable bonds is 6. The lowest BCUT2D eigenvalue weighted by Crippen LogP contribution is -2.41. The maximum absolute atomic E-state index is 12.1. The molecule has 1 fully saturated rings. The minimum atomic E-state index is -0.577. The largest absolute Gasteiger partial charge is 0.463 e. The van der Waals surface area contributed by atoms with Gasteiger partial charge in [0.2, 0.25) is 0 Å². The lowest BCUT2D eigenvalue weighted by atomic mass is 9.97. The van der Waals surface area contributed by atoms with Crippen molar-refractivity contribution in [3.63, 3.8) is 0 Å². The molecule has 10 heteroatoms. The highest BCUT2D eigenvalue weighted by atomic mass is 16.5. The second kappa shape index (κ2) is 11.5. The number of benzene rings is 1. The number of morpholine rings is 1. The van der Waals surface area contributed by atoms with E-state index in [4.69, 9.17) is 14.9 Å². The van der Waals surface area contributed by atoms with Gasteiger partial charge in [-0.3, -0.25) is 10.2 Å². The van der Waals surface area contributed by atoms with Crippen molar-refractivity contribution in [2.75, 3.05) is 44.8 Å². The molecule has 0 spiro atoms. The quantitative estimate of drug-likeness (QED) is 0.224. The Morgan fingerprint density at radius 2 is 1.88 bits per heavy atom. The SMILES string of the molecule is CC(C)(C)C(=O)OCCNC(=O)Nc1ccc(C(=N)/N=C(\c2ccc[nH]2)N2CCOCC2)cc1. The van der Waals surface area contributed by atoms with Crippen molar-refractivity contribution in [2.45, 2.75) is 20.8 Å². The van der Waals surface area contributed by atoms with E-state index in [0.29, 0.717) is 43.4 Å². The number of nitrogens with one attached hydrogen (secondary N) is 4. The Labute approximate surface area is 199 Å². The zero-order chi connectivity index (χ0) is 24.6. The van der Waals surface area contributed by atoms with Gasteiger partial charge in [0.05, 0.1) is 30.9 Å². The first-order valence-electron chi connectivity index (χ1n) is 11.2. The van der Waals surface area contributed by atoms with Gasteiger partial charge in [-0.2, -0.15) is 0 Å². The number of aromatic amines is 1. The van der Waals surface area contributed by atoms with Crippen LogP contribution in [0, 0.1) is 10.8 Å². The topological polar surface area (TPSA) is 132 Å². The summed E-state index contributed by atoms with van der Waals surface area (Å²) in [6.07, 6.45) is 1.83. The Morgan fingerprint density at radius 1 is 1.18 bits per heavy atom. The molecule has 0 atom stereocenters. The van der Waals surface area contributed by atoms with Gasteiger partial charge in [0.25, 0.3) is 0 Å². The lowest BCUT2D eigenvalue weighted by Gasteiger charge is -2.29. The number of aliphatic imine (C=N–C) groups is 1. The summed E-state index contributed by atoms with van der Waals surface area (Å²) in [5, 5.41) is 13.8. The number of amidine groups is 2. The van der Waals surface area contributed by atoms with E-state index in [1.165, 1.54) is 0 Å². The number of ether oxygens (including phenoxy) is 2. The molecule has 1 aromatic carbocycles. The fraction of sp³-hybridized carbons (Fsp3) is 0.417. The second-order valence-corrected chi connectivity index (χ2v) is 8.81. The summed E-state index contributed by atoms with van der Waals surface area (Å²) < 4.78 is 10.6. The number of aromatic nitrogens is 1. The monoisotopic (exact) mass is 468 g/mol. The van der Waals surface area contributed by atoms with Gasteiger partial charge in [-0.25, -0.2) is 9.79 Å². The molecule has 2 amide bonds. The van der Waals surface area contributed by atoms with Crippen LogP contribution in [0.2, 0.25) is 0 Å². The maximum Gasteiger partial charge on any atom is 0.319 e. The van der Waals surface area contributed by atoms with Crippen molar-refractivity contribution in [1.82, 2.24) is 15.2 Å². The first-order valence-corrected chi connectivity index (χ1v) is 11.2. The third-order valence-electron chi connectivity index (χ3n) is 5.02. The van der Waals surface area contributed by atoms with Crippen LogP contribution in [-0.4, -0.2) is 73.0 Å². The molecule has 1 aliphatic rings. The van der Waals surface area contributed by atoms with E-state index in [2.05, 4.69) is 25.5 Å². The van der Waals surface area contributed by atoms with Crippen LogP contribution in [0.15, 0.2) is 47.6 Å². The summed E-state index contributed by atoms with van der Waals surface area (Å²) in [7, 11) is 0. The summed E-state index contributed by atoms with van der Waals surface area (Å²) in [6, 6.07) is 10.3. The number of nitrogens with zero attached hydrogens (tertiary/aromatic N) is 2. The molecule has 182 valence electrons. The van der Waals surface area contributed by atoms with Gasteiger partial charge >= 0.3 is 12.0 Å². The van der Waals surface area contributed by atoms with Crippen LogP contribution in [0.25, 0.3) is 0 Å². The Hall–Kier alpha value is -3.66. The number of carbonyl (C=O) groups is 2. The molecule has 2 aromatic rings. The minimum absolute atomic E-state index is 0.101. The fourth-order valence-corrected chi connectivity index (χ4v) is 3.13. The van der Waals surface area contributed by atoms with Crippen molar-refractivity contribution in [2.24, 2.45) is 10.4 Å². The van der Waals surface area contributed by atoms with Crippen molar-refractivity contribution in [1.29, 1.82) is 5.41 Å². The van der Waals surface area contributed by atoms with E-state index in [-0.39, 0.29) is 25.0 Å². The molecule has 4 N–H and O–H groups in total. The molecule has 3 rings (SSSR count). The van der Waals surface area contributed by atoms with Crippen LogP contribution in [0.3, 0.4) is 0 Å². The molecule has 0 saturated carbocycles. The Bertz CT molecular complexity index is 1000. The van der Waals surface area contributed by atoms with Crippen molar-refractivity contribution < 1.29 is 19.1 Å². The van der Waals surface area contributed by atoms with Crippen molar-refractivity contribution in [3.05, 3.63) is 53.9 Å². The fourth-order valence-electron chi connectivity index (χ4n) is 3.13. The number of amides is 2. The van der Waals surface area contributed by atoms with Gasteiger partial charge in [-0.1, -0.05) is 0 Å². The molecular weight excluding hydrogens is 436 g/mol. The van der Waals surface area contributed by atoms with Gasteiger partial charge < -0.3 is 30.0 Å². The number of H-pyrrole nitrogens is 1. The summed E-state index contributed by atoms with van der Waals surface area (Å²) >= 11 is 0. The maximum atomic E-state index is 12.1. The van der Waals surface area contributed by atoms with E-state index >= 15 is 0 Å². The lowest BCUT2D eigenvalue weighted by molar-refractivity contribution is -0.152. The highest BCUT2D eigenvalue weighted by molar-refractivity contribution is 6.09. The summed E-state index contributed by atoms with van der Waals surface area (Å²) in [4.78, 5) is 33.6. The molecule has 1 aromatic heterocycles. The molecule has 34 heavy (non-hydrogen) atoms. The molecular formula is C24H32N6O4. The molecule has 0 bridgehead atoms. The molecule has 0 unspecified atom stereocenters. The van der Waals surface area contributed by atoms with E-state index in [9.17, 15) is 9.59 Å². The third kappa shape index (κ3) is 7.17. The normalized spacial score (nSPS) is 14.4. The molecule has 2 heterocycles. The smallest absolute Gasteiger partial charge is 0.319 e. The van der Waals surface area contributed by atoms with E-state index in [1.54, 1.807) is 45.0 Å². The highest BCUT2D eigenvalue weighted by Crippen LogP contribution is 2.15. The molecule has 1 saturated heterocycles. The van der Waals surface area contributed by atoms with Crippen LogP contribution in [0.4, 0.5) is 10.5 Å². The zero-order valence-corrected chi connectivity index (χ0v) is 19.8. The number of carbonyl (C=O) groups excluding carboxylic acids is 2. The first kappa shape index (κ1) is 25.0. The standard InChI is InChI=1S/C24H32N6O4/c1-24(2,3)22(31)34-14-11-27-23(32)28-18-8-6-17(7-9-18)20(25)29-21(19-5-4-10-26-19)30-12-15-33-16-13-30/h4-10,25-26H,11-16H2,1-3H3,(H2,27,28,32)/b25-20?,29-21+. The van der Waals surface area contributed by atoms with E-state index in [0.717, 1.165) is 5.69 Å². The average Bonchev–Trinajstić information content (AvgIpc) is 3.35. The molecule has 0 aliphatic carbocycles. The number of urea groups is 1. The average molecular weight is 469 g/mol. The highest BCUT2D eigenvalue weighted by Gasteiger charge is 2.22. The van der Waals surface area contributed by atoms with Gasteiger partial charge in [0.1, 0.15) is 6.61 Å². The predicted octanol–water partition coefficient (Wildman–Crippen LogP) is 2.83. The summed E-state index contributed by atoms with van der Waals surface area (Å²) in [5.41, 5.74) is 1.46. The Morgan fingerprint density at radius 3 is 2.50 bits per heavy atom. The van der Waals surface area contributed by atoms with Crippen LogP contribution in [-0.2, 0) is 14.3 Å². The number of esters is 1. The van der Waals surface area contributed by atoms with Crippen molar-refractivity contribution >= 4 is 29.4 Å². The molecule has 0 radical (unpaired) electrons. The summed E-state index contributed by atoms with van der Waals surface area (Å²) in [6.45, 7) is 8.27. The van der Waals surface area contributed by atoms with Crippen molar-refractivity contribution in [3.8, 4) is 0 Å². The second-order valence-electron chi connectivity index (χ2n) is 8.81. The first-order chi connectivity index (χ1) is 16.2. The summed E-state index contributed by atoms with van der Waals surface area (Å²) in [5.74, 6) is 0.503. The Balaban J connectivity index is 1.55.